The van der Waals surface area contributed by atoms with Crippen molar-refractivity contribution in [3.63, 3.8) is 0 Å². The number of carboxylic acid groups (broad SMARTS) is 1. The lowest BCUT2D eigenvalue weighted by atomic mass is 10.1. The van der Waals surface area contributed by atoms with Crippen LogP contribution < -0.4 is 14.9 Å². The minimum Gasteiger partial charge on any atom is -0.493 e. The number of methoxy groups -OCH3 is 1. The van der Waals surface area contributed by atoms with E-state index in [1.165, 1.54) is 11.6 Å². The molecule has 0 saturated carbocycles. The standard InChI is InChI=1S/C23H22N2O4/c1-16-10-12-17(13-11-16)15-29-22-18(6-5-9-21(22)28-2)14-24-25-20-8-4-3-7-19(20)23(26)27/h3-14,25H,15H2,1-2H3,(H,26,27)/b24-14+. The number of anilines is 1. The highest BCUT2D eigenvalue weighted by molar-refractivity contribution is 5.94. The van der Waals surface area contributed by atoms with Gasteiger partial charge in [-0.3, -0.25) is 5.43 Å². The van der Waals surface area contributed by atoms with Crippen molar-refractivity contribution in [2.24, 2.45) is 5.10 Å². The fourth-order valence-corrected chi connectivity index (χ4v) is 2.73. The molecule has 0 amide bonds. The molecule has 0 radical (unpaired) electrons. The topological polar surface area (TPSA) is 80.2 Å². The molecule has 0 fully saturated rings. The van der Waals surface area contributed by atoms with Crippen molar-refractivity contribution >= 4 is 17.9 Å². The second kappa shape index (κ2) is 9.41. The van der Waals surface area contributed by atoms with Crippen molar-refractivity contribution < 1.29 is 19.4 Å². The molecule has 0 aliphatic carbocycles. The Hall–Kier alpha value is -3.80. The molecule has 3 aromatic rings. The molecule has 3 aromatic carbocycles. The molecule has 0 aliphatic heterocycles. The van der Waals surface area contributed by atoms with E-state index in [4.69, 9.17) is 9.47 Å². The summed E-state index contributed by atoms with van der Waals surface area (Å²) in [6.07, 6.45) is 1.58. The summed E-state index contributed by atoms with van der Waals surface area (Å²) in [5.74, 6) is 0.131. The van der Waals surface area contributed by atoms with Crippen molar-refractivity contribution in [2.75, 3.05) is 12.5 Å². The number of hydrogen-bond donors (Lipinski definition) is 2. The molecule has 6 heteroatoms. The van der Waals surface area contributed by atoms with Gasteiger partial charge in [0, 0.05) is 5.56 Å². The molecule has 3 rings (SSSR count). The number of aryl methyl sites for hydroxylation is 1. The van der Waals surface area contributed by atoms with Crippen LogP contribution in [-0.2, 0) is 6.61 Å². The fourth-order valence-electron chi connectivity index (χ4n) is 2.73. The highest BCUT2D eigenvalue weighted by Gasteiger charge is 2.11. The molecule has 0 bridgehead atoms. The minimum atomic E-state index is -1.02. The predicted octanol–water partition coefficient (Wildman–Crippen LogP) is 4.73. The first kappa shape index (κ1) is 19.9. The second-order valence-corrected chi connectivity index (χ2v) is 6.37. The average molecular weight is 390 g/mol. The van der Waals surface area contributed by atoms with Gasteiger partial charge < -0.3 is 14.6 Å². The second-order valence-electron chi connectivity index (χ2n) is 6.37. The van der Waals surface area contributed by atoms with Gasteiger partial charge in [0.25, 0.3) is 0 Å². The van der Waals surface area contributed by atoms with E-state index >= 15 is 0 Å². The molecule has 0 aromatic heterocycles. The fraction of sp³-hybridized carbons (Fsp3) is 0.130. The number of nitrogens with zero attached hydrogens (tertiary/aromatic N) is 1. The number of carbonyl (C=O) groups is 1. The number of rotatable bonds is 8. The Bertz CT molecular complexity index is 1010. The lowest BCUT2D eigenvalue weighted by molar-refractivity contribution is 0.0698. The largest absolute Gasteiger partial charge is 0.493 e. The lowest BCUT2D eigenvalue weighted by Crippen LogP contribution is -2.03. The number of hydrogen-bond acceptors (Lipinski definition) is 5. The minimum absolute atomic E-state index is 0.145. The van der Waals surface area contributed by atoms with Crippen LogP contribution in [-0.4, -0.2) is 24.4 Å². The maximum Gasteiger partial charge on any atom is 0.337 e. The maximum absolute atomic E-state index is 11.3. The van der Waals surface area contributed by atoms with Gasteiger partial charge >= 0.3 is 5.97 Å². The van der Waals surface area contributed by atoms with Crippen LogP contribution in [0.2, 0.25) is 0 Å². The molecule has 29 heavy (non-hydrogen) atoms. The monoisotopic (exact) mass is 390 g/mol. The van der Waals surface area contributed by atoms with Gasteiger partial charge in [-0.15, -0.1) is 0 Å². The van der Waals surface area contributed by atoms with Gasteiger partial charge in [0.05, 0.1) is 24.6 Å². The predicted molar refractivity (Wildman–Crippen MR) is 113 cm³/mol. The third-order valence-corrected chi connectivity index (χ3v) is 4.28. The summed E-state index contributed by atoms with van der Waals surface area (Å²) < 4.78 is 11.4. The average Bonchev–Trinajstić information content (AvgIpc) is 2.74. The van der Waals surface area contributed by atoms with Crippen LogP contribution in [0.15, 0.2) is 71.8 Å². The van der Waals surface area contributed by atoms with Crippen LogP contribution in [0.3, 0.4) is 0 Å². The zero-order valence-electron chi connectivity index (χ0n) is 16.3. The van der Waals surface area contributed by atoms with Gasteiger partial charge in [-0.25, -0.2) is 4.79 Å². The van der Waals surface area contributed by atoms with Gasteiger partial charge in [-0.1, -0.05) is 48.0 Å². The number of para-hydroxylation sites is 2. The molecular weight excluding hydrogens is 368 g/mol. The first-order valence-corrected chi connectivity index (χ1v) is 9.05. The smallest absolute Gasteiger partial charge is 0.337 e. The van der Waals surface area contributed by atoms with Crippen LogP contribution in [0.1, 0.15) is 27.0 Å². The first-order chi connectivity index (χ1) is 14.1. The van der Waals surface area contributed by atoms with E-state index in [0.717, 1.165) is 5.56 Å². The van der Waals surface area contributed by atoms with Gasteiger partial charge in [0.1, 0.15) is 6.61 Å². The van der Waals surface area contributed by atoms with Crippen molar-refractivity contribution in [1.29, 1.82) is 0 Å². The Balaban J connectivity index is 1.79. The highest BCUT2D eigenvalue weighted by atomic mass is 16.5. The van der Waals surface area contributed by atoms with E-state index in [9.17, 15) is 9.90 Å². The number of benzene rings is 3. The molecule has 0 heterocycles. The van der Waals surface area contributed by atoms with Crippen LogP contribution in [0.25, 0.3) is 0 Å². The summed E-state index contributed by atoms with van der Waals surface area (Å²) >= 11 is 0. The third-order valence-electron chi connectivity index (χ3n) is 4.28. The summed E-state index contributed by atoms with van der Waals surface area (Å²) in [5, 5.41) is 13.4. The van der Waals surface area contributed by atoms with E-state index in [1.807, 2.05) is 49.4 Å². The van der Waals surface area contributed by atoms with Gasteiger partial charge in [0.15, 0.2) is 11.5 Å². The van der Waals surface area contributed by atoms with Crippen molar-refractivity contribution in [3.05, 3.63) is 89.0 Å². The van der Waals surface area contributed by atoms with E-state index in [0.29, 0.717) is 29.4 Å². The van der Waals surface area contributed by atoms with Crippen molar-refractivity contribution in [3.8, 4) is 11.5 Å². The third kappa shape index (κ3) is 5.13. The number of hydrazone groups is 1. The number of aromatic carboxylic acids is 1. The Labute approximate surface area is 169 Å². The Morgan fingerprint density at radius 1 is 1.07 bits per heavy atom. The molecule has 0 spiro atoms. The van der Waals surface area contributed by atoms with Crippen LogP contribution >= 0.6 is 0 Å². The molecule has 6 nitrogen and oxygen atoms in total. The Morgan fingerprint density at radius 2 is 1.83 bits per heavy atom. The summed E-state index contributed by atoms with van der Waals surface area (Å²) in [6, 6.07) is 20.2. The van der Waals surface area contributed by atoms with E-state index in [2.05, 4.69) is 10.5 Å². The summed E-state index contributed by atoms with van der Waals surface area (Å²) in [6.45, 7) is 2.42. The Morgan fingerprint density at radius 3 is 2.55 bits per heavy atom. The summed E-state index contributed by atoms with van der Waals surface area (Å²) in [4.78, 5) is 11.3. The highest BCUT2D eigenvalue weighted by Crippen LogP contribution is 2.31. The van der Waals surface area contributed by atoms with E-state index < -0.39 is 5.97 Å². The lowest BCUT2D eigenvalue weighted by Gasteiger charge is -2.13. The van der Waals surface area contributed by atoms with Gasteiger partial charge in [0.2, 0.25) is 0 Å². The van der Waals surface area contributed by atoms with E-state index in [-0.39, 0.29) is 5.56 Å². The molecule has 148 valence electrons. The number of nitrogens with one attached hydrogen (secondary N) is 1. The first-order valence-electron chi connectivity index (χ1n) is 9.05. The normalized spacial score (nSPS) is 10.7. The number of ether oxygens (including phenoxy) is 2. The van der Waals surface area contributed by atoms with Crippen molar-refractivity contribution in [1.82, 2.24) is 0 Å². The van der Waals surface area contributed by atoms with E-state index in [1.54, 1.807) is 31.5 Å². The van der Waals surface area contributed by atoms with Crippen molar-refractivity contribution in [2.45, 2.75) is 13.5 Å². The van der Waals surface area contributed by atoms with Crippen LogP contribution in [0.4, 0.5) is 5.69 Å². The number of carboxylic acids is 1. The molecule has 0 saturated heterocycles. The quantitative estimate of drug-likeness (QED) is 0.429. The van der Waals surface area contributed by atoms with Gasteiger partial charge in [-0.2, -0.15) is 5.10 Å². The van der Waals surface area contributed by atoms with Gasteiger partial charge in [-0.05, 0) is 36.8 Å². The van der Waals surface area contributed by atoms with Crippen LogP contribution in [0, 0.1) is 6.92 Å². The molecule has 0 unspecified atom stereocenters. The molecular formula is C23H22N2O4. The Kier molecular flexibility index (Phi) is 6.47. The zero-order chi connectivity index (χ0) is 20.6. The molecule has 2 N–H and O–H groups in total. The molecule has 0 atom stereocenters. The van der Waals surface area contributed by atoms with Crippen LogP contribution in [0.5, 0.6) is 11.5 Å². The molecule has 0 aliphatic rings. The zero-order valence-corrected chi connectivity index (χ0v) is 16.3. The SMILES string of the molecule is COc1cccc(/C=N/Nc2ccccc2C(=O)O)c1OCc1ccc(C)cc1. The maximum atomic E-state index is 11.3. The summed E-state index contributed by atoms with van der Waals surface area (Å²) in [7, 11) is 1.58. The summed E-state index contributed by atoms with van der Waals surface area (Å²) in [5.41, 5.74) is 6.26.